The number of nitrogens with one attached hydrogen (secondary N) is 1. The van der Waals surface area contributed by atoms with Crippen molar-refractivity contribution < 1.29 is 23.7 Å². The number of carbonyl (C=O) groups is 3. The van der Waals surface area contributed by atoms with Gasteiger partial charge in [0, 0.05) is 47.4 Å². The summed E-state index contributed by atoms with van der Waals surface area (Å²) in [5.41, 5.74) is 2.52. The number of fused-ring (bicyclic) bond motifs is 2. The number of anilines is 1. The lowest BCUT2D eigenvalue weighted by atomic mass is 10.0. The number of Topliss-reactive ketones (excluding diaryl/α,β-unsaturated/α-hetero) is 1. The van der Waals surface area contributed by atoms with Gasteiger partial charge in [-0.1, -0.05) is 22.0 Å². The molecule has 2 aliphatic carbocycles. The fourth-order valence-corrected chi connectivity index (χ4v) is 6.38. The van der Waals surface area contributed by atoms with Crippen molar-refractivity contribution in [2.75, 3.05) is 19.0 Å². The summed E-state index contributed by atoms with van der Waals surface area (Å²) in [6.45, 7) is 1.93. The number of ketones is 1. The number of halogens is 1. The lowest BCUT2D eigenvalue weighted by Gasteiger charge is -2.25. The number of ether oxygens (including phenoxy) is 1. The summed E-state index contributed by atoms with van der Waals surface area (Å²) >= 11 is 3.51. The van der Waals surface area contributed by atoms with E-state index in [1.807, 2.05) is 36.5 Å². The fraction of sp³-hybridized carbons (Fsp3) is 0.367. The van der Waals surface area contributed by atoms with Crippen LogP contribution >= 0.6 is 15.9 Å². The van der Waals surface area contributed by atoms with Crippen LogP contribution in [0.1, 0.15) is 42.7 Å². The molecule has 12 heteroatoms. The molecule has 214 valence electrons. The molecule has 1 saturated heterocycles. The van der Waals surface area contributed by atoms with Crippen LogP contribution in [0.2, 0.25) is 0 Å². The van der Waals surface area contributed by atoms with Gasteiger partial charge in [0.15, 0.2) is 5.78 Å². The van der Waals surface area contributed by atoms with E-state index in [4.69, 9.17) is 4.74 Å². The molecule has 0 unspecified atom stereocenters. The number of piperidine rings is 1. The summed E-state index contributed by atoms with van der Waals surface area (Å²) in [6, 6.07) is 9.59. The molecule has 3 atom stereocenters. The van der Waals surface area contributed by atoms with Crippen LogP contribution in [0, 0.1) is 11.8 Å². The van der Waals surface area contributed by atoms with Gasteiger partial charge < -0.3 is 9.64 Å². The first-order valence-corrected chi connectivity index (χ1v) is 14.8. The first-order chi connectivity index (χ1) is 20.3. The number of aromatic nitrogens is 5. The Morgan fingerprint density at radius 2 is 1.90 bits per heavy atom. The quantitative estimate of drug-likeness (QED) is 0.233. The zero-order valence-corrected chi connectivity index (χ0v) is 24.7. The first kappa shape index (κ1) is 26.7. The lowest BCUT2D eigenvalue weighted by molar-refractivity contribution is -0.686. The molecule has 3 fully saturated rings. The van der Waals surface area contributed by atoms with Gasteiger partial charge in [0.25, 0.3) is 5.82 Å². The predicted octanol–water partition coefficient (Wildman–Crippen LogP) is 3.58. The van der Waals surface area contributed by atoms with Crippen LogP contribution in [0.4, 0.5) is 5.82 Å². The Bertz CT molecular complexity index is 1750. The minimum atomic E-state index is -0.537. The van der Waals surface area contributed by atoms with E-state index in [2.05, 4.69) is 40.9 Å². The van der Waals surface area contributed by atoms with Gasteiger partial charge in [0.2, 0.25) is 5.91 Å². The van der Waals surface area contributed by atoms with E-state index in [0.717, 1.165) is 40.7 Å². The van der Waals surface area contributed by atoms with Crippen LogP contribution in [-0.4, -0.2) is 61.9 Å². The van der Waals surface area contributed by atoms with Gasteiger partial charge in [-0.15, -0.1) is 0 Å². The van der Waals surface area contributed by atoms with Gasteiger partial charge in [0.05, 0.1) is 18.8 Å². The number of hydrogen-bond donors (Lipinski definition) is 1. The van der Waals surface area contributed by atoms with Crippen LogP contribution in [0.3, 0.4) is 0 Å². The molecule has 1 aliphatic heterocycles. The topological polar surface area (TPSA) is 123 Å². The smallest absolute Gasteiger partial charge is 0.330 e. The number of likely N-dealkylation sites (tertiary alicyclic amines) is 1. The molecular weight excluding hydrogens is 602 g/mol. The van der Waals surface area contributed by atoms with Gasteiger partial charge in [-0.2, -0.15) is 5.10 Å². The third-order valence-corrected chi connectivity index (χ3v) is 8.88. The molecule has 4 heterocycles. The highest BCUT2D eigenvalue weighted by molar-refractivity contribution is 9.10. The Labute approximate surface area is 250 Å². The van der Waals surface area contributed by atoms with E-state index in [0.29, 0.717) is 29.4 Å². The lowest BCUT2D eigenvalue weighted by Crippen LogP contribution is -2.48. The van der Waals surface area contributed by atoms with Crippen molar-refractivity contribution >= 4 is 50.2 Å². The maximum absolute atomic E-state index is 13.7. The SMILES string of the molecule is COc1ncc(-c2ccc3c(c2)c(C(C)=O)nn3CC(=O)N2C[C@H]3C[C@H]3[C@H]2C(=O)Nc2cc(Br)cc[n+]2C2CC2)cn1. The van der Waals surface area contributed by atoms with Crippen LogP contribution in [0.5, 0.6) is 6.01 Å². The average molecular weight is 632 g/mol. The molecule has 7 rings (SSSR count). The summed E-state index contributed by atoms with van der Waals surface area (Å²) in [7, 11) is 1.50. The van der Waals surface area contributed by atoms with E-state index in [-0.39, 0.29) is 41.8 Å². The van der Waals surface area contributed by atoms with E-state index in [1.54, 1.807) is 22.0 Å². The number of pyridine rings is 1. The Morgan fingerprint density at radius 3 is 2.62 bits per heavy atom. The van der Waals surface area contributed by atoms with E-state index in [1.165, 1.54) is 14.0 Å². The number of amides is 2. The highest BCUT2D eigenvalue weighted by Gasteiger charge is 2.58. The van der Waals surface area contributed by atoms with Gasteiger partial charge in [-0.3, -0.25) is 14.3 Å². The Balaban J connectivity index is 1.14. The maximum atomic E-state index is 13.7. The monoisotopic (exact) mass is 630 g/mol. The Kier molecular flexibility index (Phi) is 6.52. The van der Waals surface area contributed by atoms with Crippen molar-refractivity contribution in [3.63, 3.8) is 0 Å². The largest absolute Gasteiger partial charge is 0.467 e. The van der Waals surface area contributed by atoms with Crippen LogP contribution in [-0.2, 0) is 16.1 Å². The standard InChI is InChI=1S/C30H28BrN7O4/c1-16(39)27-23-9-17(19-12-32-30(42-2)33-13-19)3-6-24(23)38(35-27)15-26(40)37-14-18-10-22(18)28(37)29(41)34-25-11-20(31)7-8-36(25)21-4-5-21/h3,6-9,11-13,18,21-22,28H,4-5,10,14-15H2,1-2H3/p+1/t18-,22-,28+/m1/s1. The minimum absolute atomic E-state index is 0.0725. The van der Waals surface area contributed by atoms with Crippen LogP contribution in [0.15, 0.2) is 53.4 Å². The zero-order chi connectivity index (χ0) is 29.1. The average Bonchev–Trinajstić information content (AvgIpc) is 3.91. The van der Waals surface area contributed by atoms with Gasteiger partial charge in [-0.05, 0) is 54.9 Å². The molecule has 1 N–H and O–H groups in total. The molecule has 4 aromatic rings. The molecule has 11 nitrogen and oxygen atoms in total. The van der Waals surface area contributed by atoms with Crippen molar-refractivity contribution in [2.24, 2.45) is 11.8 Å². The molecule has 3 aromatic heterocycles. The van der Waals surface area contributed by atoms with Gasteiger partial charge >= 0.3 is 11.9 Å². The second-order valence-electron chi connectivity index (χ2n) is 11.3. The fourth-order valence-electron chi connectivity index (χ4n) is 6.04. The van der Waals surface area contributed by atoms with Crippen LogP contribution in [0.25, 0.3) is 22.0 Å². The third kappa shape index (κ3) is 4.83. The molecule has 42 heavy (non-hydrogen) atoms. The highest BCUT2D eigenvalue weighted by atomic mass is 79.9. The summed E-state index contributed by atoms with van der Waals surface area (Å²) in [4.78, 5) is 49.9. The normalized spacial score (nSPS) is 20.8. The maximum Gasteiger partial charge on any atom is 0.330 e. The van der Waals surface area contributed by atoms with Gasteiger partial charge in [-0.25, -0.2) is 24.6 Å². The third-order valence-electron chi connectivity index (χ3n) is 8.39. The second-order valence-corrected chi connectivity index (χ2v) is 12.2. The second kappa shape index (κ2) is 10.3. The molecule has 2 saturated carbocycles. The number of benzene rings is 1. The number of carbonyl (C=O) groups excluding carboxylic acids is 3. The molecule has 2 amide bonds. The highest BCUT2D eigenvalue weighted by Crippen LogP contribution is 2.50. The van der Waals surface area contributed by atoms with Crippen molar-refractivity contribution in [1.29, 1.82) is 0 Å². The summed E-state index contributed by atoms with van der Waals surface area (Å²) in [5.74, 6) is 0.662. The Hall–Kier alpha value is -4.19. The molecule has 0 radical (unpaired) electrons. The van der Waals surface area contributed by atoms with Crippen molar-refractivity contribution in [1.82, 2.24) is 24.6 Å². The molecule has 0 bridgehead atoms. The van der Waals surface area contributed by atoms with Crippen molar-refractivity contribution in [2.45, 2.75) is 44.8 Å². The molecule has 1 aromatic carbocycles. The number of hydrogen-bond acceptors (Lipinski definition) is 7. The summed E-state index contributed by atoms with van der Waals surface area (Å²) in [5, 5.41) is 8.29. The van der Waals surface area contributed by atoms with Crippen LogP contribution < -0.4 is 14.6 Å². The van der Waals surface area contributed by atoms with E-state index < -0.39 is 6.04 Å². The number of rotatable bonds is 8. The summed E-state index contributed by atoms with van der Waals surface area (Å²) < 4.78 is 9.59. The minimum Gasteiger partial charge on any atom is -0.467 e. The number of methoxy groups -OCH3 is 1. The first-order valence-electron chi connectivity index (χ1n) is 14.0. The van der Waals surface area contributed by atoms with E-state index >= 15 is 0 Å². The molecular formula is C30H29BrN7O4+. The van der Waals surface area contributed by atoms with Crippen molar-refractivity contribution in [3.05, 3.63) is 59.1 Å². The predicted molar refractivity (Wildman–Crippen MR) is 156 cm³/mol. The molecule has 0 spiro atoms. The summed E-state index contributed by atoms with van der Waals surface area (Å²) in [6.07, 6.45) is 8.40. The van der Waals surface area contributed by atoms with Gasteiger partial charge in [0.1, 0.15) is 24.3 Å². The molecule has 3 aliphatic rings. The van der Waals surface area contributed by atoms with Crippen molar-refractivity contribution in [3.8, 4) is 17.1 Å². The number of nitrogens with zero attached hydrogens (tertiary/aromatic N) is 6. The Morgan fingerprint density at radius 1 is 1.12 bits per heavy atom. The zero-order valence-electron chi connectivity index (χ0n) is 23.2. The van der Waals surface area contributed by atoms with E-state index in [9.17, 15) is 14.4 Å².